The first-order valence-corrected chi connectivity index (χ1v) is 6.58. The molecule has 0 heterocycles. The third kappa shape index (κ3) is 6.87. The number of hydrogen-bond donors (Lipinski definition) is 1. The lowest BCUT2D eigenvalue weighted by molar-refractivity contribution is 0.0259. The smallest absolute Gasteiger partial charge is 0.0727 e. The molecule has 0 aromatic carbocycles. The topological polar surface area (TPSA) is 21.3 Å². The summed E-state index contributed by atoms with van der Waals surface area (Å²) in [7, 11) is 0. The van der Waals surface area contributed by atoms with E-state index in [0.717, 1.165) is 38.8 Å². The first-order chi connectivity index (χ1) is 7.79. The highest BCUT2D eigenvalue weighted by Crippen LogP contribution is 2.13. The maximum Gasteiger partial charge on any atom is 0.0727 e. The fraction of sp³-hybridized carbons (Fsp3) is 0.857. The van der Waals surface area contributed by atoms with Crippen LogP contribution in [0.25, 0.3) is 0 Å². The quantitative estimate of drug-likeness (QED) is 0.456. The molecule has 0 aromatic rings. The van der Waals surface area contributed by atoms with Crippen molar-refractivity contribution in [1.29, 1.82) is 0 Å². The van der Waals surface area contributed by atoms with Gasteiger partial charge in [-0.25, -0.2) is 0 Å². The Hall–Kier alpha value is -0.520. The van der Waals surface area contributed by atoms with E-state index in [1.807, 2.05) is 0 Å². The Balaban J connectivity index is 4.14. The van der Waals surface area contributed by atoms with Crippen LogP contribution < -0.4 is 5.32 Å². The molecule has 2 unspecified atom stereocenters. The van der Waals surface area contributed by atoms with Crippen molar-refractivity contribution in [3.63, 3.8) is 0 Å². The number of terminal acetylenes is 1. The second-order valence-electron chi connectivity index (χ2n) is 4.04. The summed E-state index contributed by atoms with van der Waals surface area (Å²) in [6.45, 7) is 8.20. The lowest BCUT2D eigenvalue weighted by atomic mass is 10.00. The van der Waals surface area contributed by atoms with Crippen molar-refractivity contribution in [3.05, 3.63) is 0 Å². The molecule has 0 fully saturated rings. The lowest BCUT2D eigenvalue weighted by Crippen LogP contribution is -2.41. The highest BCUT2D eigenvalue weighted by atomic mass is 16.5. The second kappa shape index (κ2) is 11.0. The molecule has 0 radical (unpaired) electrons. The van der Waals surface area contributed by atoms with E-state index in [2.05, 4.69) is 32.0 Å². The third-order valence-corrected chi connectivity index (χ3v) is 2.71. The van der Waals surface area contributed by atoms with Gasteiger partial charge in [0.2, 0.25) is 0 Å². The fourth-order valence-corrected chi connectivity index (χ4v) is 2.00. The summed E-state index contributed by atoms with van der Waals surface area (Å²) in [5.74, 6) is 2.70. The molecule has 2 atom stereocenters. The van der Waals surface area contributed by atoms with Gasteiger partial charge in [-0.1, -0.05) is 20.3 Å². The fourth-order valence-electron chi connectivity index (χ4n) is 2.00. The Morgan fingerprint density at radius 1 is 1.25 bits per heavy atom. The van der Waals surface area contributed by atoms with Crippen LogP contribution in [0.4, 0.5) is 0 Å². The summed E-state index contributed by atoms with van der Waals surface area (Å²) >= 11 is 0. The largest absolute Gasteiger partial charge is 0.377 e. The number of unbranched alkanes of at least 4 members (excludes halogenated alkanes) is 1. The molecule has 0 saturated heterocycles. The van der Waals surface area contributed by atoms with Crippen LogP contribution in [-0.2, 0) is 4.74 Å². The molecule has 94 valence electrons. The van der Waals surface area contributed by atoms with E-state index in [4.69, 9.17) is 11.2 Å². The lowest BCUT2D eigenvalue weighted by Gasteiger charge is -2.27. The van der Waals surface area contributed by atoms with Gasteiger partial charge in [0, 0.05) is 19.1 Å². The number of rotatable bonds is 10. The van der Waals surface area contributed by atoms with Crippen LogP contribution in [0.2, 0.25) is 0 Å². The first kappa shape index (κ1) is 15.5. The zero-order chi connectivity index (χ0) is 12.2. The van der Waals surface area contributed by atoms with Crippen LogP contribution in [0, 0.1) is 12.3 Å². The van der Waals surface area contributed by atoms with Crippen LogP contribution in [0.15, 0.2) is 0 Å². The van der Waals surface area contributed by atoms with E-state index in [-0.39, 0.29) is 0 Å². The maximum atomic E-state index is 5.81. The molecule has 0 amide bonds. The number of likely N-dealkylation sites (N-methyl/N-ethyl adjacent to an activating group) is 1. The molecule has 16 heavy (non-hydrogen) atoms. The van der Waals surface area contributed by atoms with Crippen molar-refractivity contribution in [2.24, 2.45) is 0 Å². The van der Waals surface area contributed by atoms with E-state index in [9.17, 15) is 0 Å². The average molecular weight is 225 g/mol. The Morgan fingerprint density at radius 3 is 2.50 bits per heavy atom. The minimum Gasteiger partial charge on any atom is -0.377 e. The third-order valence-electron chi connectivity index (χ3n) is 2.71. The molecule has 0 aliphatic heterocycles. The molecular weight excluding hydrogens is 198 g/mol. The van der Waals surface area contributed by atoms with Gasteiger partial charge in [-0.15, -0.1) is 12.3 Å². The summed E-state index contributed by atoms with van der Waals surface area (Å²) in [5.41, 5.74) is 0. The van der Waals surface area contributed by atoms with Gasteiger partial charge in [0.05, 0.1) is 6.10 Å². The first-order valence-electron chi connectivity index (χ1n) is 6.58. The molecule has 2 heteroatoms. The Morgan fingerprint density at radius 2 is 2.00 bits per heavy atom. The van der Waals surface area contributed by atoms with Crippen LogP contribution in [0.3, 0.4) is 0 Å². The number of ether oxygens (including phenoxy) is 1. The van der Waals surface area contributed by atoms with Crippen LogP contribution in [0.5, 0.6) is 0 Å². The molecule has 0 rings (SSSR count). The molecule has 0 aliphatic carbocycles. The monoisotopic (exact) mass is 225 g/mol. The van der Waals surface area contributed by atoms with Crippen molar-refractivity contribution in [2.45, 2.75) is 65.0 Å². The zero-order valence-corrected chi connectivity index (χ0v) is 11.1. The summed E-state index contributed by atoms with van der Waals surface area (Å²) in [5, 5.41) is 3.52. The van der Waals surface area contributed by atoms with E-state index in [0.29, 0.717) is 12.1 Å². The van der Waals surface area contributed by atoms with Gasteiger partial charge >= 0.3 is 0 Å². The van der Waals surface area contributed by atoms with Crippen molar-refractivity contribution >= 4 is 0 Å². The second-order valence-corrected chi connectivity index (χ2v) is 4.04. The Kier molecular flexibility index (Phi) is 10.6. The predicted octanol–water partition coefficient (Wildman–Crippen LogP) is 2.97. The SMILES string of the molecule is C#CCCCC(NCC)C(CCC)OCC. The molecule has 1 N–H and O–H groups in total. The Bertz CT molecular complexity index is 180. The van der Waals surface area contributed by atoms with Crippen molar-refractivity contribution < 1.29 is 4.74 Å². The van der Waals surface area contributed by atoms with Gasteiger partial charge in [-0.05, 0) is 32.7 Å². The van der Waals surface area contributed by atoms with E-state index in [1.54, 1.807) is 0 Å². The average Bonchev–Trinajstić information content (AvgIpc) is 2.28. The van der Waals surface area contributed by atoms with E-state index < -0.39 is 0 Å². The normalized spacial score (nSPS) is 14.4. The standard InChI is InChI=1S/C14H27NO/c1-5-9-10-12-13(15-7-3)14(11-6-2)16-8-4/h1,13-15H,6-12H2,2-4H3. The number of hydrogen-bond acceptors (Lipinski definition) is 2. The van der Waals surface area contributed by atoms with Gasteiger partial charge in [0.25, 0.3) is 0 Å². The number of nitrogens with one attached hydrogen (secondary N) is 1. The summed E-state index contributed by atoms with van der Waals surface area (Å²) in [6.07, 6.45) is 11.0. The summed E-state index contributed by atoms with van der Waals surface area (Å²) in [6, 6.07) is 0.457. The zero-order valence-electron chi connectivity index (χ0n) is 11.1. The van der Waals surface area contributed by atoms with Gasteiger partial charge < -0.3 is 10.1 Å². The highest BCUT2D eigenvalue weighted by Gasteiger charge is 2.19. The van der Waals surface area contributed by atoms with Crippen LogP contribution in [-0.4, -0.2) is 25.3 Å². The van der Waals surface area contributed by atoms with Crippen molar-refractivity contribution in [2.75, 3.05) is 13.2 Å². The van der Waals surface area contributed by atoms with Crippen LogP contribution in [0.1, 0.15) is 52.9 Å². The van der Waals surface area contributed by atoms with E-state index in [1.165, 1.54) is 6.42 Å². The van der Waals surface area contributed by atoms with Gasteiger partial charge in [-0.2, -0.15) is 0 Å². The van der Waals surface area contributed by atoms with Gasteiger partial charge in [0.15, 0.2) is 0 Å². The molecule has 0 saturated carbocycles. The van der Waals surface area contributed by atoms with Crippen molar-refractivity contribution in [3.8, 4) is 12.3 Å². The maximum absolute atomic E-state index is 5.81. The predicted molar refractivity (Wildman–Crippen MR) is 70.5 cm³/mol. The molecule has 0 bridgehead atoms. The van der Waals surface area contributed by atoms with Gasteiger partial charge in [0.1, 0.15) is 0 Å². The minimum absolute atomic E-state index is 0.340. The minimum atomic E-state index is 0.340. The summed E-state index contributed by atoms with van der Waals surface area (Å²) in [4.78, 5) is 0. The Labute approximate surface area is 101 Å². The summed E-state index contributed by atoms with van der Waals surface area (Å²) < 4.78 is 5.81. The van der Waals surface area contributed by atoms with E-state index >= 15 is 0 Å². The highest BCUT2D eigenvalue weighted by molar-refractivity contribution is 4.85. The molecule has 2 nitrogen and oxygen atoms in total. The molecular formula is C14H27NO. The van der Waals surface area contributed by atoms with Crippen molar-refractivity contribution in [1.82, 2.24) is 5.32 Å². The molecule has 0 spiro atoms. The van der Waals surface area contributed by atoms with Gasteiger partial charge in [-0.3, -0.25) is 0 Å². The molecule has 0 aliphatic rings. The molecule has 0 aromatic heterocycles. The van der Waals surface area contributed by atoms with Crippen LogP contribution >= 0.6 is 0 Å².